The molecule has 1 atom stereocenters. The number of rotatable bonds is 12. The predicted octanol–water partition coefficient (Wildman–Crippen LogP) is 7.83. The van der Waals surface area contributed by atoms with Gasteiger partial charge in [0.2, 0.25) is 0 Å². The zero-order valence-corrected chi connectivity index (χ0v) is 22.6. The van der Waals surface area contributed by atoms with Gasteiger partial charge in [0.1, 0.15) is 11.5 Å². The van der Waals surface area contributed by atoms with Crippen LogP contribution in [0.2, 0.25) is 0 Å². The van der Waals surface area contributed by atoms with Gasteiger partial charge < -0.3 is 14.6 Å². The summed E-state index contributed by atoms with van der Waals surface area (Å²) in [5.74, 6) is -0.747. The Kier molecular flexibility index (Phi) is 10.2. The van der Waals surface area contributed by atoms with Gasteiger partial charge in [-0.05, 0) is 89.9 Å². The lowest BCUT2D eigenvalue weighted by molar-refractivity contribution is -0.134. The first-order valence-corrected chi connectivity index (χ1v) is 13.3. The van der Waals surface area contributed by atoms with E-state index in [4.69, 9.17) is 9.47 Å². The van der Waals surface area contributed by atoms with E-state index in [-0.39, 0.29) is 11.9 Å². The summed E-state index contributed by atoms with van der Waals surface area (Å²) in [4.78, 5) is 36.2. The van der Waals surface area contributed by atoms with Gasteiger partial charge in [0.25, 0.3) is 0 Å². The van der Waals surface area contributed by atoms with Crippen molar-refractivity contribution in [1.29, 1.82) is 0 Å². The molecule has 0 fully saturated rings. The summed E-state index contributed by atoms with van der Waals surface area (Å²) in [6.45, 7) is 8.20. The average Bonchev–Trinajstić information content (AvgIpc) is 2.91. The Balaban J connectivity index is 1.82. The van der Waals surface area contributed by atoms with E-state index in [0.29, 0.717) is 41.9 Å². The van der Waals surface area contributed by atoms with Crippen molar-refractivity contribution in [1.82, 2.24) is 0 Å². The highest BCUT2D eigenvalue weighted by Gasteiger charge is 2.21. The van der Waals surface area contributed by atoms with Crippen molar-refractivity contribution in [3.63, 3.8) is 0 Å². The lowest BCUT2D eigenvalue weighted by atomic mass is 9.82. The van der Waals surface area contributed by atoms with Crippen molar-refractivity contribution in [3.05, 3.63) is 82.9 Å². The molecule has 1 N–H and O–H groups in total. The van der Waals surface area contributed by atoms with Crippen LogP contribution in [0.3, 0.4) is 0 Å². The fourth-order valence-electron chi connectivity index (χ4n) is 4.63. The number of carboxylic acids is 1. The third-order valence-electron chi connectivity index (χ3n) is 6.58. The molecule has 0 aliphatic heterocycles. The molecule has 0 amide bonds. The van der Waals surface area contributed by atoms with Gasteiger partial charge in [-0.2, -0.15) is 0 Å². The molecule has 6 heteroatoms. The third-order valence-corrected chi connectivity index (χ3v) is 6.58. The van der Waals surface area contributed by atoms with Gasteiger partial charge in [0.15, 0.2) is 0 Å². The van der Waals surface area contributed by atoms with E-state index >= 15 is 0 Å². The molecule has 0 radical (unpaired) electrons. The number of carbonyl (C=O) groups is 3. The number of unbranched alkanes of at least 4 members (excludes halogenated alkanes) is 1. The molecule has 3 aromatic carbocycles. The number of hydrogen-bond donors (Lipinski definition) is 1. The van der Waals surface area contributed by atoms with E-state index in [0.717, 1.165) is 41.5 Å². The van der Waals surface area contributed by atoms with Crippen LogP contribution >= 0.6 is 0 Å². The summed E-state index contributed by atoms with van der Waals surface area (Å²) < 4.78 is 10.8. The standard InChI is InChI=1S/C32H36O6/c1-5-8-10-21(4)30-26(7-3)28(31(34)35)20-19-27(30)22-11-15-25(16-12-22)38-32(36)23-13-17-24(18-14-23)37-29(33)9-6-2/h11-21H,5-10H2,1-4H3,(H,34,35). The quantitative estimate of drug-likeness (QED) is 0.195. The number of hydrogen-bond acceptors (Lipinski definition) is 5. The number of carbonyl (C=O) groups excluding carboxylic acids is 2. The van der Waals surface area contributed by atoms with E-state index in [2.05, 4.69) is 13.8 Å². The van der Waals surface area contributed by atoms with Crippen LogP contribution in [0.15, 0.2) is 60.7 Å². The zero-order chi connectivity index (χ0) is 27.7. The van der Waals surface area contributed by atoms with Crippen molar-refractivity contribution >= 4 is 17.9 Å². The Labute approximate surface area is 224 Å². The largest absolute Gasteiger partial charge is 0.478 e. The summed E-state index contributed by atoms with van der Waals surface area (Å²) in [5, 5.41) is 9.76. The van der Waals surface area contributed by atoms with Crippen molar-refractivity contribution in [3.8, 4) is 22.6 Å². The third kappa shape index (κ3) is 7.09. The summed E-state index contributed by atoms with van der Waals surface area (Å²) in [6, 6.07) is 17.1. The Morgan fingerprint density at radius 1 is 0.816 bits per heavy atom. The van der Waals surface area contributed by atoms with Gasteiger partial charge in [-0.15, -0.1) is 0 Å². The molecule has 38 heavy (non-hydrogen) atoms. The summed E-state index contributed by atoms with van der Waals surface area (Å²) >= 11 is 0. The summed E-state index contributed by atoms with van der Waals surface area (Å²) in [6.07, 6.45) is 4.79. The van der Waals surface area contributed by atoms with Crippen LogP contribution in [0.1, 0.15) is 97.6 Å². The second kappa shape index (κ2) is 13.6. The topological polar surface area (TPSA) is 89.9 Å². The smallest absolute Gasteiger partial charge is 0.343 e. The molecule has 0 aromatic heterocycles. The fourth-order valence-corrected chi connectivity index (χ4v) is 4.63. The number of ether oxygens (including phenoxy) is 2. The van der Waals surface area contributed by atoms with E-state index < -0.39 is 11.9 Å². The Bertz CT molecular complexity index is 1260. The highest BCUT2D eigenvalue weighted by atomic mass is 16.5. The molecule has 3 rings (SSSR count). The van der Waals surface area contributed by atoms with E-state index in [1.165, 1.54) is 0 Å². The second-order valence-corrected chi connectivity index (χ2v) is 9.42. The molecule has 0 saturated heterocycles. The van der Waals surface area contributed by atoms with Crippen LogP contribution in [0.5, 0.6) is 11.5 Å². The Hall–Kier alpha value is -3.93. The molecular weight excluding hydrogens is 480 g/mol. The number of benzene rings is 3. The van der Waals surface area contributed by atoms with Crippen molar-refractivity contribution in [2.75, 3.05) is 0 Å². The Morgan fingerprint density at radius 2 is 1.45 bits per heavy atom. The minimum Gasteiger partial charge on any atom is -0.478 e. The molecule has 0 aliphatic rings. The lowest BCUT2D eigenvalue weighted by Gasteiger charge is -2.22. The zero-order valence-electron chi connectivity index (χ0n) is 22.6. The van der Waals surface area contributed by atoms with Gasteiger partial charge in [-0.3, -0.25) is 4.79 Å². The molecule has 3 aromatic rings. The van der Waals surface area contributed by atoms with E-state index in [9.17, 15) is 19.5 Å². The summed E-state index contributed by atoms with van der Waals surface area (Å²) in [7, 11) is 0. The molecule has 0 aliphatic carbocycles. The number of aromatic carboxylic acids is 1. The lowest BCUT2D eigenvalue weighted by Crippen LogP contribution is -2.10. The highest BCUT2D eigenvalue weighted by molar-refractivity contribution is 5.92. The van der Waals surface area contributed by atoms with Gasteiger partial charge >= 0.3 is 17.9 Å². The first-order valence-electron chi connectivity index (χ1n) is 13.3. The molecule has 0 spiro atoms. The average molecular weight is 517 g/mol. The van der Waals surface area contributed by atoms with Crippen LogP contribution in [0.25, 0.3) is 11.1 Å². The van der Waals surface area contributed by atoms with Gasteiger partial charge in [0, 0.05) is 6.42 Å². The van der Waals surface area contributed by atoms with E-state index in [1.807, 2.05) is 32.0 Å². The fraction of sp³-hybridized carbons (Fsp3) is 0.344. The molecule has 200 valence electrons. The molecule has 1 unspecified atom stereocenters. The van der Waals surface area contributed by atoms with Crippen molar-refractivity contribution < 1.29 is 29.0 Å². The SMILES string of the molecule is CCCCC(C)c1c(-c2ccc(OC(=O)c3ccc(OC(=O)CCC)cc3)cc2)ccc(C(=O)O)c1CC. The first kappa shape index (κ1) is 28.6. The maximum absolute atomic E-state index is 12.6. The molecule has 0 saturated carbocycles. The Morgan fingerprint density at radius 3 is 2.03 bits per heavy atom. The second-order valence-electron chi connectivity index (χ2n) is 9.42. The minimum absolute atomic E-state index is 0.209. The van der Waals surface area contributed by atoms with Crippen LogP contribution in [-0.4, -0.2) is 23.0 Å². The van der Waals surface area contributed by atoms with E-state index in [1.54, 1.807) is 42.5 Å². The number of carboxylic acid groups (broad SMARTS) is 1. The monoisotopic (exact) mass is 516 g/mol. The van der Waals surface area contributed by atoms with Gasteiger partial charge in [0.05, 0.1) is 11.1 Å². The van der Waals surface area contributed by atoms with Crippen LogP contribution in [0, 0.1) is 0 Å². The van der Waals surface area contributed by atoms with Crippen molar-refractivity contribution in [2.45, 2.75) is 72.1 Å². The van der Waals surface area contributed by atoms with Crippen LogP contribution in [-0.2, 0) is 11.2 Å². The minimum atomic E-state index is -0.910. The highest BCUT2D eigenvalue weighted by Crippen LogP contribution is 2.37. The van der Waals surface area contributed by atoms with Gasteiger partial charge in [-0.1, -0.05) is 58.7 Å². The van der Waals surface area contributed by atoms with Crippen molar-refractivity contribution in [2.24, 2.45) is 0 Å². The first-order chi connectivity index (χ1) is 18.3. The van der Waals surface area contributed by atoms with Crippen LogP contribution < -0.4 is 9.47 Å². The number of esters is 2. The molecule has 0 heterocycles. The molecule has 6 nitrogen and oxygen atoms in total. The molecular formula is C32H36O6. The molecule has 0 bridgehead atoms. The summed E-state index contributed by atoms with van der Waals surface area (Å²) in [5.41, 5.74) is 4.58. The maximum Gasteiger partial charge on any atom is 0.343 e. The normalized spacial score (nSPS) is 11.6. The van der Waals surface area contributed by atoms with Gasteiger partial charge in [-0.25, -0.2) is 9.59 Å². The predicted molar refractivity (Wildman–Crippen MR) is 148 cm³/mol. The maximum atomic E-state index is 12.6. The van der Waals surface area contributed by atoms with Crippen LogP contribution in [0.4, 0.5) is 0 Å².